The highest BCUT2D eigenvalue weighted by molar-refractivity contribution is 6.33. The molecule has 0 saturated carbocycles. The zero-order valence-electron chi connectivity index (χ0n) is 16.0. The minimum Gasteiger partial charge on any atom is -0.465 e. The Morgan fingerprint density at radius 1 is 1.18 bits per heavy atom. The molecule has 1 aliphatic heterocycles. The summed E-state index contributed by atoms with van der Waals surface area (Å²) in [7, 11) is 0. The van der Waals surface area contributed by atoms with Crippen molar-refractivity contribution < 1.29 is 14.0 Å². The lowest BCUT2D eigenvalue weighted by atomic mass is 10.1. The van der Waals surface area contributed by atoms with Gasteiger partial charge in [-0.15, -0.1) is 0 Å². The molecule has 2 heterocycles. The van der Waals surface area contributed by atoms with Crippen LogP contribution in [0.3, 0.4) is 0 Å². The molecular weight excluding hydrogens is 378 g/mol. The van der Waals surface area contributed by atoms with E-state index in [0.29, 0.717) is 29.6 Å². The fraction of sp³-hybridized carbons (Fsp3) is 0.333. The van der Waals surface area contributed by atoms with Crippen LogP contribution in [0.25, 0.3) is 6.08 Å². The van der Waals surface area contributed by atoms with Crippen molar-refractivity contribution in [2.45, 2.75) is 13.8 Å². The van der Waals surface area contributed by atoms with E-state index in [4.69, 9.17) is 16.0 Å². The number of amides is 2. The molecule has 1 aromatic heterocycles. The van der Waals surface area contributed by atoms with Gasteiger partial charge in [0.25, 0.3) is 0 Å². The molecule has 0 radical (unpaired) electrons. The van der Waals surface area contributed by atoms with E-state index in [2.05, 4.69) is 10.2 Å². The van der Waals surface area contributed by atoms with Gasteiger partial charge in [0.15, 0.2) is 0 Å². The van der Waals surface area contributed by atoms with Gasteiger partial charge in [0.05, 0.1) is 17.0 Å². The second kappa shape index (κ2) is 8.97. The average molecular weight is 402 g/mol. The van der Waals surface area contributed by atoms with Gasteiger partial charge in [-0.1, -0.05) is 25.4 Å². The van der Waals surface area contributed by atoms with E-state index in [1.165, 1.54) is 6.08 Å². The number of halogens is 1. The molecule has 1 aromatic carbocycles. The van der Waals surface area contributed by atoms with Crippen LogP contribution in [0.1, 0.15) is 19.6 Å². The van der Waals surface area contributed by atoms with Gasteiger partial charge in [-0.25, -0.2) is 0 Å². The maximum absolute atomic E-state index is 12.1. The van der Waals surface area contributed by atoms with Crippen LogP contribution in [0.4, 0.5) is 11.4 Å². The molecule has 1 saturated heterocycles. The molecule has 28 heavy (non-hydrogen) atoms. The number of carbonyl (C=O) groups excluding carboxylic acids is 2. The summed E-state index contributed by atoms with van der Waals surface area (Å²) in [6, 6.07) is 8.99. The van der Waals surface area contributed by atoms with Gasteiger partial charge in [0.1, 0.15) is 5.76 Å². The van der Waals surface area contributed by atoms with Crippen molar-refractivity contribution in [1.29, 1.82) is 0 Å². The summed E-state index contributed by atoms with van der Waals surface area (Å²) in [5.41, 5.74) is 1.53. The highest BCUT2D eigenvalue weighted by atomic mass is 35.5. The normalized spacial score (nSPS) is 14.7. The van der Waals surface area contributed by atoms with Crippen LogP contribution >= 0.6 is 11.6 Å². The van der Waals surface area contributed by atoms with E-state index in [9.17, 15) is 9.59 Å². The topological polar surface area (TPSA) is 65.8 Å². The summed E-state index contributed by atoms with van der Waals surface area (Å²) in [5, 5.41) is 3.35. The Bertz CT molecular complexity index is 854. The van der Waals surface area contributed by atoms with Crippen LogP contribution in [0.15, 0.2) is 47.1 Å². The molecule has 3 rings (SSSR count). The molecule has 0 atom stereocenters. The molecule has 1 fully saturated rings. The Morgan fingerprint density at radius 2 is 1.93 bits per heavy atom. The number of carbonyl (C=O) groups is 2. The molecule has 6 nitrogen and oxygen atoms in total. The highest BCUT2D eigenvalue weighted by Gasteiger charge is 2.23. The molecule has 0 aliphatic carbocycles. The quantitative estimate of drug-likeness (QED) is 0.772. The Morgan fingerprint density at radius 3 is 2.54 bits per heavy atom. The Kier molecular flexibility index (Phi) is 6.41. The zero-order chi connectivity index (χ0) is 20.1. The van der Waals surface area contributed by atoms with Gasteiger partial charge in [-0.2, -0.15) is 0 Å². The summed E-state index contributed by atoms with van der Waals surface area (Å²) in [5.74, 6) is 0.547. The maximum Gasteiger partial charge on any atom is 0.248 e. The molecule has 0 bridgehead atoms. The Labute approximate surface area is 169 Å². The van der Waals surface area contributed by atoms with Gasteiger partial charge in [-0.05, 0) is 36.4 Å². The SMILES string of the molecule is CC(C)C(=O)N1CCN(c2ccc(NC(=O)/C=C/c3ccco3)cc2Cl)CC1. The molecule has 1 N–H and O–H groups in total. The number of rotatable bonds is 5. The van der Waals surface area contributed by atoms with Crippen LogP contribution < -0.4 is 10.2 Å². The summed E-state index contributed by atoms with van der Waals surface area (Å²) >= 11 is 6.45. The van der Waals surface area contributed by atoms with Crippen molar-refractivity contribution in [2.24, 2.45) is 5.92 Å². The van der Waals surface area contributed by atoms with Gasteiger partial charge >= 0.3 is 0 Å². The molecular formula is C21H24ClN3O3. The zero-order valence-corrected chi connectivity index (χ0v) is 16.8. The van der Waals surface area contributed by atoms with E-state index in [1.54, 1.807) is 30.5 Å². The van der Waals surface area contributed by atoms with Crippen LogP contribution in [0, 0.1) is 5.92 Å². The van der Waals surface area contributed by atoms with E-state index in [1.807, 2.05) is 30.9 Å². The largest absolute Gasteiger partial charge is 0.465 e. The fourth-order valence-electron chi connectivity index (χ4n) is 3.10. The number of piperazine rings is 1. The van der Waals surface area contributed by atoms with Gasteiger partial charge in [-0.3, -0.25) is 9.59 Å². The number of benzene rings is 1. The molecule has 0 spiro atoms. The molecule has 2 aromatic rings. The first-order valence-electron chi connectivity index (χ1n) is 9.30. The molecule has 1 aliphatic rings. The van der Waals surface area contributed by atoms with Gasteiger partial charge in [0.2, 0.25) is 11.8 Å². The maximum atomic E-state index is 12.1. The van der Waals surface area contributed by atoms with Crippen LogP contribution in [-0.4, -0.2) is 42.9 Å². The number of hydrogen-bond donors (Lipinski definition) is 1. The summed E-state index contributed by atoms with van der Waals surface area (Å²) in [4.78, 5) is 28.2. The lowest BCUT2D eigenvalue weighted by molar-refractivity contribution is -0.134. The van der Waals surface area contributed by atoms with Crippen molar-refractivity contribution in [3.63, 3.8) is 0 Å². The standard InChI is InChI=1S/C21H24ClN3O3/c1-15(2)21(27)25-11-9-24(10-12-25)19-7-5-16(14-18(19)22)23-20(26)8-6-17-4-3-13-28-17/h3-8,13-15H,9-12H2,1-2H3,(H,23,26)/b8-6+. The van der Waals surface area contributed by atoms with Crippen molar-refractivity contribution >= 4 is 40.9 Å². The fourth-order valence-corrected chi connectivity index (χ4v) is 3.40. The van der Waals surface area contributed by atoms with E-state index < -0.39 is 0 Å². The van der Waals surface area contributed by atoms with E-state index >= 15 is 0 Å². The lowest BCUT2D eigenvalue weighted by Crippen LogP contribution is -2.50. The third-order valence-electron chi connectivity index (χ3n) is 4.58. The number of nitrogens with one attached hydrogen (secondary N) is 1. The third-order valence-corrected chi connectivity index (χ3v) is 4.89. The second-order valence-corrected chi connectivity index (χ2v) is 7.38. The number of nitrogens with zero attached hydrogens (tertiary/aromatic N) is 2. The van der Waals surface area contributed by atoms with E-state index in [0.717, 1.165) is 18.8 Å². The summed E-state index contributed by atoms with van der Waals surface area (Å²) in [6.07, 6.45) is 4.56. The minimum atomic E-state index is -0.263. The smallest absolute Gasteiger partial charge is 0.248 e. The van der Waals surface area contributed by atoms with Crippen LogP contribution in [0.5, 0.6) is 0 Å². The molecule has 148 valence electrons. The first-order chi connectivity index (χ1) is 13.4. The second-order valence-electron chi connectivity index (χ2n) is 6.97. The first-order valence-corrected chi connectivity index (χ1v) is 9.67. The lowest BCUT2D eigenvalue weighted by Gasteiger charge is -2.37. The minimum absolute atomic E-state index is 0.0138. The van der Waals surface area contributed by atoms with Gasteiger partial charge < -0.3 is 19.5 Å². The third kappa shape index (κ3) is 4.95. The number of furan rings is 1. The van der Waals surface area contributed by atoms with E-state index in [-0.39, 0.29) is 17.7 Å². The average Bonchev–Trinajstić information content (AvgIpc) is 3.20. The monoisotopic (exact) mass is 401 g/mol. The molecule has 0 unspecified atom stereocenters. The Hall–Kier alpha value is -2.73. The Balaban J connectivity index is 1.58. The highest BCUT2D eigenvalue weighted by Crippen LogP contribution is 2.30. The van der Waals surface area contributed by atoms with Gasteiger partial charge in [0, 0.05) is 43.9 Å². The van der Waals surface area contributed by atoms with Crippen molar-refractivity contribution in [1.82, 2.24) is 4.90 Å². The summed E-state index contributed by atoms with van der Waals surface area (Å²) in [6.45, 7) is 6.67. The predicted molar refractivity (Wildman–Crippen MR) is 111 cm³/mol. The van der Waals surface area contributed by atoms with Crippen molar-refractivity contribution in [3.05, 3.63) is 53.5 Å². The predicted octanol–water partition coefficient (Wildman–Crippen LogP) is 3.89. The van der Waals surface area contributed by atoms with Crippen LogP contribution in [-0.2, 0) is 9.59 Å². The van der Waals surface area contributed by atoms with Crippen molar-refractivity contribution in [3.8, 4) is 0 Å². The number of hydrogen-bond acceptors (Lipinski definition) is 4. The number of anilines is 2. The first kappa shape index (κ1) is 20.0. The molecule has 7 heteroatoms. The summed E-state index contributed by atoms with van der Waals surface area (Å²) < 4.78 is 5.15. The molecule has 2 amide bonds. The van der Waals surface area contributed by atoms with Crippen LogP contribution in [0.2, 0.25) is 5.02 Å². The van der Waals surface area contributed by atoms with Crippen molar-refractivity contribution in [2.75, 3.05) is 36.4 Å².